The highest BCUT2D eigenvalue weighted by Gasteiger charge is 2.33. The van der Waals surface area contributed by atoms with Crippen molar-refractivity contribution in [2.24, 2.45) is 0 Å². The zero-order valence-electron chi connectivity index (χ0n) is 17.8. The number of sulfonamides is 1. The first kappa shape index (κ1) is 22.7. The minimum Gasteiger partial charge on any atom is -0.294 e. The summed E-state index contributed by atoms with van der Waals surface area (Å²) in [5, 5.41) is 2.94. The zero-order valence-corrected chi connectivity index (χ0v) is 19.4. The van der Waals surface area contributed by atoms with Crippen LogP contribution in [0, 0.1) is 6.92 Å². The lowest BCUT2D eigenvalue weighted by atomic mass is 9.99. The summed E-state index contributed by atoms with van der Waals surface area (Å²) in [4.78, 5) is 17.2. The summed E-state index contributed by atoms with van der Waals surface area (Å²) in [5.74, 6) is -0.0550. The summed E-state index contributed by atoms with van der Waals surface area (Å²) >= 11 is 0. The van der Waals surface area contributed by atoms with Crippen LogP contribution in [0.4, 0.5) is 0 Å². The first-order valence-electron chi connectivity index (χ1n) is 9.87. The molecule has 2 aromatic rings. The van der Waals surface area contributed by atoms with Gasteiger partial charge in [-0.2, -0.15) is 4.31 Å². The molecule has 1 aliphatic heterocycles. The number of H-pyrrole nitrogens is 1. The summed E-state index contributed by atoms with van der Waals surface area (Å²) in [5.41, 5.74) is 0.676. The molecule has 1 aliphatic rings. The molecule has 1 fully saturated rings. The van der Waals surface area contributed by atoms with E-state index in [1.54, 1.807) is 6.92 Å². The fourth-order valence-electron chi connectivity index (χ4n) is 4.15. The molecular formula is C19H28N4O5S2. The second-order valence-electron chi connectivity index (χ2n) is 8.27. The highest BCUT2D eigenvalue weighted by Crippen LogP contribution is 2.29. The number of pyridine rings is 1. The van der Waals surface area contributed by atoms with Gasteiger partial charge in [0.15, 0.2) is 15.7 Å². The summed E-state index contributed by atoms with van der Waals surface area (Å²) in [6.45, 7) is 8.97. The first-order valence-corrected chi connectivity index (χ1v) is 13.1. The van der Waals surface area contributed by atoms with Gasteiger partial charge in [-0.1, -0.05) is 0 Å². The smallest absolute Gasteiger partial charge is 0.276 e. The lowest BCUT2D eigenvalue weighted by molar-refractivity contribution is 0.302. The van der Waals surface area contributed by atoms with Gasteiger partial charge in [-0.25, -0.2) is 26.5 Å². The van der Waals surface area contributed by atoms with Crippen molar-refractivity contribution in [1.82, 2.24) is 19.1 Å². The van der Waals surface area contributed by atoms with Crippen molar-refractivity contribution in [3.63, 3.8) is 0 Å². The van der Waals surface area contributed by atoms with E-state index in [1.807, 2.05) is 27.7 Å². The number of aromatic nitrogens is 3. The maximum absolute atomic E-state index is 13.0. The SMILES string of the molecule is Cc1[nH]n(-c2ccc(S(=O)(=O)N(C(C)C)C(C)C)cn2)c(=O)c1C1CCS(=O)(=O)C1. The molecule has 0 spiro atoms. The molecule has 3 rings (SSSR count). The van der Waals surface area contributed by atoms with Crippen molar-refractivity contribution in [3.05, 3.63) is 39.9 Å². The van der Waals surface area contributed by atoms with Crippen molar-refractivity contribution in [1.29, 1.82) is 0 Å². The molecule has 1 N–H and O–H groups in total. The molecule has 0 aromatic carbocycles. The summed E-state index contributed by atoms with van der Waals surface area (Å²) in [6.07, 6.45) is 1.66. The predicted molar refractivity (Wildman–Crippen MR) is 114 cm³/mol. The van der Waals surface area contributed by atoms with Gasteiger partial charge in [-0.15, -0.1) is 0 Å². The van der Waals surface area contributed by atoms with Gasteiger partial charge in [-0.05, 0) is 53.2 Å². The van der Waals surface area contributed by atoms with E-state index in [0.29, 0.717) is 17.7 Å². The predicted octanol–water partition coefficient (Wildman–Crippen LogP) is 1.58. The van der Waals surface area contributed by atoms with Gasteiger partial charge in [0, 0.05) is 35.5 Å². The monoisotopic (exact) mass is 456 g/mol. The van der Waals surface area contributed by atoms with Crippen molar-refractivity contribution in [2.45, 2.75) is 63.9 Å². The molecule has 1 saturated heterocycles. The van der Waals surface area contributed by atoms with E-state index in [-0.39, 0.29) is 45.8 Å². The molecule has 30 heavy (non-hydrogen) atoms. The third-order valence-electron chi connectivity index (χ3n) is 5.30. The number of rotatable bonds is 6. The van der Waals surface area contributed by atoms with Gasteiger partial charge in [0.1, 0.15) is 4.90 Å². The first-order chi connectivity index (χ1) is 13.8. The van der Waals surface area contributed by atoms with Gasteiger partial charge in [-0.3, -0.25) is 9.89 Å². The van der Waals surface area contributed by atoms with Crippen LogP contribution in [0.15, 0.2) is 28.0 Å². The molecule has 11 heteroatoms. The molecule has 9 nitrogen and oxygen atoms in total. The van der Waals surface area contributed by atoms with Gasteiger partial charge in [0.05, 0.1) is 11.5 Å². The van der Waals surface area contributed by atoms with Crippen molar-refractivity contribution in [3.8, 4) is 5.82 Å². The molecular weight excluding hydrogens is 428 g/mol. The van der Waals surface area contributed by atoms with Crippen LogP contribution in [0.3, 0.4) is 0 Å². The lowest BCUT2D eigenvalue weighted by Gasteiger charge is -2.29. The Morgan fingerprint density at radius 1 is 1.20 bits per heavy atom. The number of nitrogens with one attached hydrogen (secondary N) is 1. The molecule has 0 saturated carbocycles. The number of aromatic amines is 1. The maximum atomic E-state index is 13.0. The van der Waals surface area contributed by atoms with Crippen LogP contribution in [0.25, 0.3) is 5.82 Å². The Hall–Kier alpha value is -1.98. The molecule has 0 amide bonds. The highest BCUT2D eigenvalue weighted by atomic mass is 32.2. The summed E-state index contributed by atoms with van der Waals surface area (Å²) in [7, 11) is -6.86. The summed E-state index contributed by atoms with van der Waals surface area (Å²) in [6, 6.07) is 2.47. The minimum absolute atomic E-state index is 0.0359. The van der Waals surface area contributed by atoms with Crippen LogP contribution in [0.5, 0.6) is 0 Å². The maximum Gasteiger partial charge on any atom is 0.276 e. The van der Waals surface area contributed by atoms with E-state index in [0.717, 1.165) is 0 Å². The second-order valence-corrected chi connectivity index (χ2v) is 12.3. The molecule has 0 aliphatic carbocycles. The van der Waals surface area contributed by atoms with Gasteiger partial charge >= 0.3 is 0 Å². The number of nitrogens with zero attached hydrogens (tertiary/aromatic N) is 3. The van der Waals surface area contributed by atoms with Crippen LogP contribution >= 0.6 is 0 Å². The fourth-order valence-corrected chi connectivity index (χ4v) is 7.69. The Kier molecular flexibility index (Phi) is 6.00. The lowest BCUT2D eigenvalue weighted by Crippen LogP contribution is -2.41. The van der Waals surface area contributed by atoms with Crippen molar-refractivity contribution >= 4 is 19.9 Å². The van der Waals surface area contributed by atoms with E-state index < -0.39 is 19.9 Å². The molecule has 1 atom stereocenters. The molecule has 3 heterocycles. The number of hydrogen-bond donors (Lipinski definition) is 1. The Morgan fingerprint density at radius 2 is 1.83 bits per heavy atom. The topological polar surface area (TPSA) is 122 Å². The van der Waals surface area contributed by atoms with E-state index >= 15 is 0 Å². The quantitative estimate of drug-likeness (QED) is 0.704. The van der Waals surface area contributed by atoms with Gasteiger partial charge < -0.3 is 0 Å². The van der Waals surface area contributed by atoms with Crippen LogP contribution in [0.1, 0.15) is 51.3 Å². The molecule has 166 valence electrons. The average molecular weight is 457 g/mol. The van der Waals surface area contributed by atoms with Crippen LogP contribution < -0.4 is 5.56 Å². The van der Waals surface area contributed by atoms with E-state index in [9.17, 15) is 21.6 Å². The largest absolute Gasteiger partial charge is 0.294 e. The number of aryl methyl sites for hydroxylation is 1. The molecule has 0 radical (unpaired) electrons. The van der Waals surface area contributed by atoms with Crippen LogP contribution in [-0.4, -0.2) is 59.5 Å². The zero-order chi connectivity index (χ0) is 22.4. The second kappa shape index (κ2) is 7.93. The minimum atomic E-state index is -3.73. The Labute approximate surface area is 177 Å². The Bertz CT molecular complexity index is 1180. The average Bonchev–Trinajstić information content (AvgIpc) is 3.12. The van der Waals surface area contributed by atoms with Gasteiger partial charge in [0.25, 0.3) is 5.56 Å². The van der Waals surface area contributed by atoms with E-state index in [4.69, 9.17) is 0 Å². The summed E-state index contributed by atoms with van der Waals surface area (Å²) < 4.78 is 52.2. The normalized spacial score (nSPS) is 19.3. The van der Waals surface area contributed by atoms with Crippen LogP contribution in [-0.2, 0) is 19.9 Å². The van der Waals surface area contributed by atoms with Gasteiger partial charge in [0.2, 0.25) is 10.0 Å². The van der Waals surface area contributed by atoms with Crippen molar-refractivity contribution < 1.29 is 16.8 Å². The molecule has 1 unspecified atom stereocenters. The fraction of sp³-hybridized carbons (Fsp3) is 0.579. The van der Waals surface area contributed by atoms with Crippen molar-refractivity contribution in [2.75, 3.05) is 11.5 Å². The Balaban J connectivity index is 1.96. The number of sulfone groups is 1. The highest BCUT2D eigenvalue weighted by molar-refractivity contribution is 7.91. The van der Waals surface area contributed by atoms with Crippen LogP contribution in [0.2, 0.25) is 0 Å². The third-order valence-corrected chi connectivity index (χ3v) is 9.30. The van der Waals surface area contributed by atoms with E-state index in [2.05, 4.69) is 10.1 Å². The molecule has 0 bridgehead atoms. The Morgan fingerprint density at radius 3 is 2.30 bits per heavy atom. The third kappa shape index (κ3) is 4.10. The van der Waals surface area contributed by atoms with E-state index in [1.165, 1.54) is 27.3 Å². The molecule has 2 aromatic heterocycles. The number of hydrogen-bond acceptors (Lipinski definition) is 6. The standard InChI is InChI=1S/C19H28N4O5S2/c1-12(2)23(13(3)4)30(27,28)16-6-7-17(20-10-16)22-19(24)18(14(5)21-22)15-8-9-29(25,26)11-15/h6-7,10,12-13,15,21H,8-9,11H2,1-5H3.